The lowest BCUT2D eigenvalue weighted by molar-refractivity contribution is 0.0479. The van der Waals surface area contributed by atoms with Crippen molar-refractivity contribution in [2.45, 2.75) is 0 Å². The fraction of sp³-hybridized carbons (Fsp3) is 0.200. The number of alkyl halides is 1. The Bertz CT molecular complexity index is 917. The maximum absolute atomic E-state index is 12.2. The van der Waals surface area contributed by atoms with E-state index in [1.807, 2.05) is 0 Å². The summed E-state index contributed by atoms with van der Waals surface area (Å²) in [5.74, 6) is -0.231. The normalized spacial score (nSPS) is 12.7. The van der Waals surface area contributed by atoms with Crippen LogP contribution in [-0.4, -0.2) is 49.7 Å². The molecule has 0 spiro atoms. The molecular formula is C20H20FN4O4P. The number of hydrogen-bond donors (Lipinski definition) is 2. The van der Waals surface area contributed by atoms with Crippen LogP contribution in [0.3, 0.4) is 0 Å². The van der Waals surface area contributed by atoms with Gasteiger partial charge in [-0.1, -0.05) is 24.3 Å². The molecule has 156 valence electrons. The molecule has 0 saturated heterocycles. The highest BCUT2D eigenvalue weighted by molar-refractivity contribution is 7.16. The molecule has 2 aromatic rings. The lowest BCUT2D eigenvalue weighted by Gasteiger charge is -2.16. The van der Waals surface area contributed by atoms with Crippen LogP contribution in [0, 0.1) is 0 Å². The van der Waals surface area contributed by atoms with Gasteiger partial charge in [0.25, 0.3) is 0 Å². The third kappa shape index (κ3) is 5.39. The van der Waals surface area contributed by atoms with Crippen LogP contribution in [0.25, 0.3) is 0 Å². The molecule has 8 nitrogen and oxygen atoms in total. The van der Waals surface area contributed by atoms with Crippen LogP contribution in [0.15, 0.2) is 58.7 Å². The van der Waals surface area contributed by atoms with Crippen molar-refractivity contribution >= 4 is 32.8 Å². The first-order chi connectivity index (χ1) is 14.6. The summed E-state index contributed by atoms with van der Waals surface area (Å²) in [4.78, 5) is 23.9. The lowest BCUT2D eigenvalue weighted by Crippen LogP contribution is -2.34. The van der Waals surface area contributed by atoms with Crippen LogP contribution in [0.5, 0.6) is 0 Å². The van der Waals surface area contributed by atoms with Crippen LogP contribution in [0.1, 0.15) is 31.8 Å². The van der Waals surface area contributed by atoms with Gasteiger partial charge in [-0.25, -0.2) is 14.0 Å². The Balaban J connectivity index is 1.70. The number of hydrazone groups is 2. The van der Waals surface area contributed by atoms with Crippen molar-refractivity contribution in [3.63, 3.8) is 0 Å². The highest BCUT2D eigenvalue weighted by atomic mass is 31.0. The molecule has 0 aromatic heterocycles. The van der Waals surface area contributed by atoms with Gasteiger partial charge in [0.2, 0.25) is 0 Å². The second kappa shape index (κ2) is 10.5. The fourth-order valence-corrected chi connectivity index (χ4v) is 2.68. The zero-order valence-electron chi connectivity index (χ0n) is 15.9. The molecule has 1 aliphatic heterocycles. The molecule has 1 aliphatic rings. The topological polar surface area (TPSA) is 101 Å². The third-order valence-electron chi connectivity index (χ3n) is 3.95. The molecule has 0 fully saturated rings. The quantitative estimate of drug-likeness (QED) is 0.491. The van der Waals surface area contributed by atoms with Crippen molar-refractivity contribution in [2.24, 2.45) is 10.2 Å². The molecule has 0 saturated carbocycles. The number of esters is 2. The number of carbonyl (C=O) groups is 2. The predicted molar refractivity (Wildman–Crippen MR) is 113 cm³/mol. The van der Waals surface area contributed by atoms with E-state index in [0.29, 0.717) is 41.1 Å². The molecule has 3 rings (SSSR count). The van der Waals surface area contributed by atoms with Crippen molar-refractivity contribution in [3.05, 3.63) is 70.8 Å². The zero-order chi connectivity index (χ0) is 21.3. The van der Waals surface area contributed by atoms with Crippen LogP contribution in [-0.2, 0) is 9.47 Å². The molecule has 30 heavy (non-hydrogen) atoms. The number of benzene rings is 2. The Morgan fingerprint density at radius 3 is 1.80 bits per heavy atom. The van der Waals surface area contributed by atoms with E-state index in [-0.39, 0.29) is 12.2 Å². The second-order valence-corrected chi connectivity index (χ2v) is 6.63. The molecule has 1 unspecified atom stereocenters. The predicted octanol–water partition coefficient (Wildman–Crippen LogP) is 2.06. The fourth-order valence-electron chi connectivity index (χ4n) is 2.56. The van der Waals surface area contributed by atoms with Gasteiger partial charge < -0.3 is 9.47 Å². The molecule has 1 heterocycles. The maximum Gasteiger partial charge on any atom is 0.338 e. The summed E-state index contributed by atoms with van der Waals surface area (Å²) in [6.07, 6.45) is 0.663. The highest BCUT2D eigenvalue weighted by Crippen LogP contribution is 2.11. The summed E-state index contributed by atoms with van der Waals surface area (Å²) in [6.45, 7) is -0.707. The summed E-state index contributed by atoms with van der Waals surface area (Å²) in [7, 11) is 2.49. The number of nitrogens with one attached hydrogen (secondary N) is 2. The van der Waals surface area contributed by atoms with Gasteiger partial charge in [-0.2, -0.15) is 10.2 Å². The average Bonchev–Trinajstić information content (AvgIpc) is 2.81. The number of nitrogens with zero attached hydrogens (tertiary/aromatic N) is 2. The maximum atomic E-state index is 12.2. The van der Waals surface area contributed by atoms with Gasteiger partial charge in [0.15, 0.2) is 11.7 Å². The van der Waals surface area contributed by atoms with E-state index < -0.39 is 18.6 Å². The van der Waals surface area contributed by atoms with Gasteiger partial charge >= 0.3 is 11.9 Å². The minimum absolute atomic E-state index is 0.275. The highest BCUT2D eigenvalue weighted by Gasteiger charge is 2.16. The SMILES string of the molecule is O=C(OCCF)c1cccc(C2=NNC(c3cccc(C(=O)OCCP)c3)=NN2)c1. The number of hydrogen-bond acceptors (Lipinski definition) is 8. The summed E-state index contributed by atoms with van der Waals surface area (Å²) in [6, 6.07) is 13.4. The summed E-state index contributed by atoms with van der Waals surface area (Å²) in [5.41, 5.74) is 7.57. The Morgan fingerprint density at radius 2 is 1.37 bits per heavy atom. The molecule has 0 radical (unpaired) electrons. The molecule has 0 aliphatic carbocycles. The van der Waals surface area contributed by atoms with Crippen LogP contribution in [0.4, 0.5) is 4.39 Å². The minimum Gasteiger partial charge on any atom is -0.462 e. The minimum atomic E-state index is -0.738. The Kier molecular flexibility index (Phi) is 7.45. The van der Waals surface area contributed by atoms with Crippen LogP contribution in [0.2, 0.25) is 0 Å². The van der Waals surface area contributed by atoms with Gasteiger partial charge in [-0.15, -0.1) is 9.24 Å². The van der Waals surface area contributed by atoms with E-state index in [1.54, 1.807) is 48.5 Å². The molecular weight excluding hydrogens is 410 g/mol. The first kappa shape index (κ1) is 21.4. The number of amidine groups is 2. The molecule has 1 atom stereocenters. The average molecular weight is 430 g/mol. The van der Waals surface area contributed by atoms with E-state index in [0.717, 1.165) is 0 Å². The summed E-state index contributed by atoms with van der Waals surface area (Å²) < 4.78 is 22.1. The van der Waals surface area contributed by atoms with Crippen molar-refractivity contribution in [2.75, 3.05) is 26.1 Å². The molecule has 0 bridgehead atoms. The number of rotatable bonds is 8. The van der Waals surface area contributed by atoms with E-state index >= 15 is 0 Å². The van der Waals surface area contributed by atoms with Crippen LogP contribution < -0.4 is 10.9 Å². The van der Waals surface area contributed by atoms with Crippen LogP contribution >= 0.6 is 9.24 Å². The van der Waals surface area contributed by atoms with Crippen molar-refractivity contribution in [1.82, 2.24) is 10.9 Å². The van der Waals surface area contributed by atoms with E-state index in [1.165, 1.54) is 0 Å². The third-order valence-corrected chi connectivity index (χ3v) is 4.19. The van der Waals surface area contributed by atoms with Crippen molar-refractivity contribution in [1.29, 1.82) is 0 Å². The molecule has 2 N–H and O–H groups in total. The van der Waals surface area contributed by atoms with E-state index in [9.17, 15) is 14.0 Å². The van der Waals surface area contributed by atoms with Gasteiger partial charge in [-0.3, -0.25) is 10.9 Å². The zero-order valence-corrected chi connectivity index (χ0v) is 17.1. The summed E-state index contributed by atoms with van der Waals surface area (Å²) in [5, 5.41) is 8.49. The number of carbonyl (C=O) groups excluding carboxylic acids is 2. The van der Waals surface area contributed by atoms with Crippen molar-refractivity contribution < 1.29 is 23.5 Å². The first-order valence-electron chi connectivity index (χ1n) is 9.11. The van der Waals surface area contributed by atoms with Gasteiger partial charge in [-0.05, 0) is 30.4 Å². The Morgan fingerprint density at radius 1 is 0.867 bits per heavy atom. The summed E-state index contributed by atoms with van der Waals surface area (Å²) >= 11 is 0. The Labute approximate surface area is 174 Å². The monoisotopic (exact) mass is 430 g/mol. The van der Waals surface area contributed by atoms with Gasteiger partial charge in [0.05, 0.1) is 17.7 Å². The lowest BCUT2D eigenvalue weighted by atomic mass is 10.1. The Hall–Kier alpha value is -3.32. The first-order valence-corrected chi connectivity index (χ1v) is 9.92. The largest absolute Gasteiger partial charge is 0.462 e. The molecule has 0 amide bonds. The second-order valence-electron chi connectivity index (χ2n) is 6.06. The van der Waals surface area contributed by atoms with E-state index in [4.69, 9.17) is 9.47 Å². The van der Waals surface area contributed by atoms with Gasteiger partial charge in [0, 0.05) is 11.1 Å². The number of halogens is 1. The molecule has 2 aromatic carbocycles. The molecule has 10 heteroatoms. The number of ether oxygens (including phenoxy) is 2. The smallest absolute Gasteiger partial charge is 0.338 e. The van der Waals surface area contributed by atoms with Gasteiger partial charge in [0.1, 0.15) is 13.3 Å². The van der Waals surface area contributed by atoms with Crippen molar-refractivity contribution in [3.8, 4) is 0 Å². The standard InChI is InChI=1S/C20H20FN4O4P/c21-7-8-28-19(26)15-5-1-3-13(11-15)17-22-24-18(25-23-17)14-4-2-6-16(12-14)20(27)29-9-10-30/h1-6,11-12H,7-10,30H2,(H,22,23)(H,24,25). The van der Waals surface area contributed by atoms with E-state index in [2.05, 4.69) is 30.3 Å².